The second-order valence-corrected chi connectivity index (χ2v) is 7.19. The molecule has 164 valence electrons. The van der Waals surface area contributed by atoms with Crippen LogP contribution in [0.5, 0.6) is 5.75 Å². The predicted molar refractivity (Wildman–Crippen MR) is 125 cm³/mol. The molecule has 1 unspecified atom stereocenters. The van der Waals surface area contributed by atoms with Gasteiger partial charge in [0.25, 0.3) is 0 Å². The third-order valence-electron chi connectivity index (χ3n) is 5.26. The molecule has 0 fully saturated rings. The third-order valence-corrected chi connectivity index (χ3v) is 5.26. The molecule has 0 aromatic heterocycles. The number of carbonyl (C=O) groups is 1. The van der Waals surface area contributed by atoms with Gasteiger partial charge in [0.1, 0.15) is 12.4 Å². The fourth-order valence-electron chi connectivity index (χ4n) is 3.28. The summed E-state index contributed by atoms with van der Waals surface area (Å²) < 4.78 is 10.6. The number of carbonyl (C=O) groups excluding carboxylic acids is 1. The maximum atomic E-state index is 11.6. The zero-order chi connectivity index (χ0) is 22.1. The molecule has 1 N–H and O–H groups in total. The Kier molecular flexibility index (Phi) is 8.18. The van der Waals surface area contributed by atoms with E-state index in [2.05, 4.69) is 34.0 Å². The van der Waals surface area contributed by atoms with Crippen molar-refractivity contribution in [3.05, 3.63) is 59.7 Å². The number of esters is 1. The summed E-state index contributed by atoms with van der Waals surface area (Å²) in [5, 5.41) is 3.23. The van der Waals surface area contributed by atoms with E-state index in [4.69, 9.17) is 9.47 Å². The van der Waals surface area contributed by atoms with Gasteiger partial charge in [0.2, 0.25) is 5.96 Å². The van der Waals surface area contributed by atoms with Crippen molar-refractivity contribution in [1.82, 2.24) is 4.90 Å². The lowest BCUT2D eigenvalue weighted by atomic mass is 9.98. The van der Waals surface area contributed by atoms with E-state index < -0.39 is 0 Å². The van der Waals surface area contributed by atoms with Crippen LogP contribution in [-0.2, 0) is 4.74 Å². The van der Waals surface area contributed by atoms with Gasteiger partial charge >= 0.3 is 5.97 Å². The van der Waals surface area contributed by atoms with Crippen molar-refractivity contribution in [2.45, 2.75) is 19.8 Å². The number of anilines is 1. The smallest absolute Gasteiger partial charge is 0.337 e. The highest BCUT2D eigenvalue weighted by molar-refractivity contribution is 6.00. The van der Waals surface area contributed by atoms with Gasteiger partial charge < -0.3 is 19.7 Å². The van der Waals surface area contributed by atoms with Crippen molar-refractivity contribution in [3.8, 4) is 5.75 Å². The fourth-order valence-corrected chi connectivity index (χ4v) is 3.28. The summed E-state index contributed by atoms with van der Waals surface area (Å²) in [6, 6.07) is 15.2. The molecule has 3 rings (SSSR count). The number of ether oxygens (including phenoxy) is 2. The normalized spacial score (nSPS) is 15.5. The number of nitrogens with one attached hydrogen (secondary N) is 1. The van der Waals surface area contributed by atoms with Crippen molar-refractivity contribution in [2.24, 2.45) is 9.98 Å². The number of hydrogen-bond acceptors (Lipinski definition) is 7. The highest BCUT2D eigenvalue weighted by Crippen LogP contribution is 2.20. The molecule has 1 aliphatic heterocycles. The van der Waals surface area contributed by atoms with Gasteiger partial charge in [-0.25, -0.2) is 9.79 Å². The fraction of sp³-hybridized carbons (Fsp3) is 0.375. The Bertz CT molecular complexity index is 903. The molecule has 31 heavy (non-hydrogen) atoms. The second-order valence-electron chi connectivity index (χ2n) is 7.19. The summed E-state index contributed by atoms with van der Waals surface area (Å²) in [5.74, 6) is 1.17. The molecule has 2 aromatic rings. The molecule has 7 heteroatoms. The Balaban J connectivity index is 1.49. The minimum absolute atomic E-state index is 0.0823. The Morgan fingerprint density at radius 1 is 1.10 bits per heavy atom. The summed E-state index contributed by atoms with van der Waals surface area (Å²) in [6.45, 7) is 8.57. The topological polar surface area (TPSA) is 75.5 Å². The highest BCUT2D eigenvalue weighted by atomic mass is 16.5. The van der Waals surface area contributed by atoms with Gasteiger partial charge in [0.05, 0.1) is 19.2 Å². The van der Waals surface area contributed by atoms with E-state index in [1.807, 2.05) is 42.6 Å². The average molecular weight is 423 g/mol. The number of methoxy groups -OCH3 is 1. The Labute approximate surface area is 183 Å². The molecule has 0 spiro atoms. The van der Waals surface area contributed by atoms with Gasteiger partial charge in [-0.05, 0) is 55.1 Å². The monoisotopic (exact) mass is 422 g/mol. The van der Waals surface area contributed by atoms with Crippen LogP contribution in [0.15, 0.2) is 58.5 Å². The van der Waals surface area contributed by atoms with Crippen LogP contribution in [0.3, 0.4) is 0 Å². The van der Waals surface area contributed by atoms with E-state index >= 15 is 0 Å². The molecule has 0 bridgehead atoms. The van der Waals surface area contributed by atoms with Crippen LogP contribution >= 0.6 is 0 Å². The number of benzene rings is 2. The SMILES string of the molecule is CCN(CC)CCOc1ccc(NC2=NCC(c3ccc(C(=O)OC)cc3)C=N2)cc1. The largest absolute Gasteiger partial charge is 0.492 e. The van der Waals surface area contributed by atoms with Crippen molar-refractivity contribution in [2.75, 3.05) is 45.2 Å². The number of aliphatic imine (C=N–C) groups is 2. The van der Waals surface area contributed by atoms with Crippen LogP contribution in [0.4, 0.5) is 5.69 Å². The molecule has 0 aliphatic carbocycles. The zero-order valence-corrected chi connectivity index (χ0v) is 18.4. The predicted octanol–water partition coefficient (Wildman–Crippen LogP) is 3.83. The Morgan fingerprint density at radius 2 is 1.81 bits per heavy atom. The average Bonchev–Trinajstić information content (AvgIpc) is 2.83. The zero-order valence-electron chi connectivity index (χ0n) is 18.4. The number of hydrogen-bond donors (Lipinski definition) is 1. The maximum absolute atomic E-state index is 11.6. The third kappa shape index (κ3) is 6.39. The summed E-state index contributed by atoms with van der Waals surface area (Å²) in [7, 11) is 1.38. The van der Waals surface area contributed by atoms with Crippen LogP contribution in [0.1, 0.15) is 35.7 Å². The summed E-state index contributed by atoms with van der Waals surface area (Å²) in [6.07, 6.45) is 1.88. The minimum Gasteiger partial charge on any atom is -0.492 e. The molecule has 1 aliphatic rings. The van der Waals surface area contributed by atoms with Gasteiger partial charge in [-0.3, -0.25) is 4.99 Å². The molecule has 7 nitrogen and oxygen atoms in total. The van der Waals surface area contributed by atoms with Gasteiger partial charge in [-0.15, -0.1) is 0 Å². The van der Waals surface area contributed by atoms with E-state index in [0.29, 0.717) is 24.7 Å². The first-order valence-corrected chi connectivity index (χ1v) is 10.6. The van der Waals surface area contributed by atoms with E-state index in [1.165, 1.54) is 7.11 Å². The van der Waals surface area contributed by atoms with Crippen LogP contribution in [0.25, 0.3) is 0 Å². The van der Waals surface area contributed by atoms with Gasteiger partial charge in [-0.2, -0.15) is 0 Å². The standard InChI is InChI=1S/C24H30N4O3/c1-4-28(5-2)14-15-31-22-12-10-21(11-13-22)27-24-25-16-20(17-26-24)18-6-8-19(9-7-18)23(29)30-3/h6-13,16,20H,4-5,14-15,17H2,1-3H3,(H,26,27). The number of guanidine groups is 1. The molecule has 0 saturated heterocycles. The van der Waals surface area contributed by atoms with E-state index in [1.54, 1.807) is 12.1 Å². The minimum atomic E-state index is -0.339. The molecule has 1 atom stereocenters. The first-order valence-electron chi connectivity index (χ1n) is 10.6. The lowest BCUT2D eigenvalue weighted by Gasteiger charge is -2.18. The molecule has 0 radical (unpaired) electrons. The highest BCUT2D eigenvalue weighted by Gasteiger charge is 2.15. The lowest BCUT2D eigenvalue weighted by molar-refractivity contribution is 0.0600. The molecule has 0 amide bonds. The first kappa shape index (κ1) is 22.5. The van der Waals surface area contributed by atoms with Crippen LogP contribution < -0.4 is 10.1 Å². The van der Waals surface area contributed by atoms with E-state index in [0.717, 1.165) is 36.6 Å². The number of rotatable bonds is 9. The quantitative estimate of drug-likeness (QED) is 0.622. The number of nitrogens with zero attached hydrogens (tertiary/aromatic N) is 3. The molecule has 0 saturated carbocycles. The van der Waals surface area contributed by atoms with E-state index in [9.17, 15) is 4.79 Å². The van der Waals surface area contributed by atoms with Gasteiger partial charge in [0, 0.05) is 24.4 Å². The van der Waals surface area contributed by atoms with Crippen LogP contribution in [-0.4, -0.2) is 62.9 Å². The number of likely N-dealkylation sites (N-methyl/N-ethyl adjacent to an activating group) is 1. The van der Waals surface area contributed by atoms with E-state index in [-0.39, 0.29) is 11.9 Å². The van der Waals surface area contributed by atoms with Crippen LogP contribution in [0, 0.1) is 0 Å². The van der Waals surface area contributed by atoms with Crippen molar-refractivity contribution in [3.63, 3.8) is 0 Å². The lowest BCUT2D eigenvalue weighted by Crippen LogP contribution is -2.27. The Morgan fingerprint density at radius 3 is 2.39 bits per heavy atom. The second kappa shape index (κ2) is 11.3. The molecular formula is C24H30N4O3. The summed E-state index contributed by atoms with van der Waals surface area (Å²) in [4.78, 5) is 22.9. The molecule has 2 aromatic carbocycles. The van der Waals surface area contributed by atoms with Crippen LogP contribution in [0.2, 0.25) is 0 Å². The maximum Gasteiger partial charge on any atom is 0.337 e. The first-order chi connectivity index (χ1) is 15.1. The Hall–Kier alpha value is -3.19. The van der Waals surface area contributed by atoms with Gasteiger partial charge in [-0.1, -0.05) is 26.0 Å². The van der Waals surface area contributed by atoms with Crippen molar-refractivity contribution < 1.29 is 14.3 Å². The molecular weight excluding hydrogens is 392 g/mol. The van der Waals surface area contributed by atoms with Gasteiger partial charge in [0.15, 0.2) is 0 Å². The summed E-state index contributed by atoms with van der Waals surface area (Å²) >= 11 is 0. The van der Waals surface area contributed by atoms with Crippen molar-refractivity contribution in [1.29, 1.82) is 0 Å². The molecule has 1 heterocycles. The summed E-state index contributed by atoms with van der Waals surface area (Å²) in [5.41, 5.74) is 2.50. The van der Waals surface area contributed by atoms with Crippen molar-refractivity contribution >= 4 is 23.8 Å².